The Bertz CT molecular complexity index is 886. The number of nitrogens with one attached hydrogen (secondary N) is 1. The van der Waals surface area contributed by atoms with Crippen molar-refractivity contribution in [2.45, 2.75) is 49.6 Å². The summed E-state index contributed by atoms with van der Waals surface area (Å²) in [5.41, 5.74) is 4.05. The van der Waals surface area contributed by atoms with E-state index in [9.17, 15) is 4.79 Å². The van der Waals surface area contributed by atoms with Crippen molar-refractivity contribution in [3.63, 3.8) is 0 Å². The summed E-state index contributed by atoms with van der Waals surface area (Å²) in [7, 11) is 0. The van der Waals surface area contributed by atoms with Gasteiger partial charge in [-0.3, -0.25) is 4.79 Å². The summed E-state index contributed by atoms with van der Waals surface area (Å²) >= 11 is 1.68. The van der Waals surface area contributed by atoms with Crippen LogP contribution in [-0.2, 0) is 5.75 Å². The van der Waals surface area contributed by atoms with Crippen LogP contribution >= 0.6 is 11.8 Å². The summed E-state index contributed by atoms with van der Waals surface area (Å²) in [6.07, 6.45) is 4.53. The molecule has 0 saturated carbocycles. The van der Waals surface area contributed by atoms with Crippen molar-refractivity contribution in [3.05, 3.63) is 59.7 Å². The maximum absolute atomic E-state index is 12.9. The van der Waals surface area contributed by atoms with E-state index in [0.717, 1.165) is 53.3 Å². The van der Waals surface area contributed by atoms with Crippen LogP contribution in [0.25, 0.3) is 11.0 Å². The molecule has 140 valence electrons. The van der Waals surface area contributed by atoms with Gasteiger partial charge in [0.1, 0.15) is 0 Å². The predicted molar refractivity (Wildman–Crippen MR) is 111 cm³/mol. The number of hydrogen-bond acceptors (Lipinski definition) is 3. The quantitative estimate of drug-likeness (QED) is 0.615. The molecule has 2 heterocycles. The van der Waals surface area contributed by atoms with Gasteiger partial charge in [-0.05, 0) is 55.5 Å². The maximum atomic E-state index is 12.9. The number of para-hydroxylation sites is 2. The highest BCUT2D eigenvalue weighted by molar-refractivity contribution is 7.98. The van der Waals surface area contributed by atoms with Gasteiger partial charge in [0.25, 0.3) is 5.91 Å². The van der Waals surface area contributed by atoms with Crippen molar-refractivity contribution in [3.8, 4) is 0 Å². The average Bonchev–Trinajstić information content (AvgIpc) is 3.15. The summed E-state index contributed by atoms with van der Waals surface area (Å²) < 4.78 is 0. The molecule has 1 fully saturated rings. The van der Waals surface area contributed by atoms with Crippen molar-refractivity contribution in [1.29, 1.82) is 0 Å². The molecular formula is C22H25N3OS. The van der Waals surface area contributed by atoms with Crippen LogP contribution in [-0.4, -0.2) is 33.4 Å². The Labute approximate surface area is 164 Å². The first-order chi connectivity index (χ1) is 13.2. The number of aromatic nitrogens is 2. The number of rotatable bonds is 5. The van der Waals surface area contributed by atoms with E-state index >= 15 is 0 Å². The lowest BCUT2D eigenvalue weighted by Gasteiger charge is -2.35. The summed E-state index contributed by atoms with van der Waals surface area (Å²) in [6, 6.07) is 16.5. The molecule has 1 N–H and O–H groups in total. The van der Waals surface area contributed by atoms with Crippen LogP contribution in [0, 0.1) is 0 Å². The van der Waals surface area contributed by atoms with Gasteiger partial charge in [-0.1, -0.05) is 43.0 Å². The van der Waals surface area contributed by atoms with Crippen LogP contribution in [0.4, 0.5) is 0 Å². The Balaban J connectivity index is 1.40. The maximum Gasteiger partial charge on any atom is 0.254 e. The lowest BCUT2D eigenvalue weighted by atomic mass is 9.98. The van der Waals surface area contributed by atoms with Gasteiger partial charge < -0.3 is 9.88 Å². The van der Waals surface area contributed by atoms with E-state index in [0.29, 0.717) is 6.04 Å². The highest BCUT2D eigenvalue weighted by atomic mass is 32.2. The van der Waals surface area contributed by atoms with Gasteiger partial charge in [-0.25, -0.2) is 4.98 Å². The number of hydrogen-bond donors (Lipinski definition) is 1. The molecule has 1 amide bonds. The van der Waals surface area contributed by atoms with Crippen LogP contribution in [0.15, 0.2) is 53.7 Å². The number of carbonyl (C=O) groups is 1. The molecule has 1 aromatic heterocycles. The van der Waals surface area contributed by atoms with E-state index < -0.39 is 0 Å². The van der Waals surface area contributed by atoms with Crippen LogP contribution in [0.5, 0.6) is 0 Å². The Morgan fingerprint density at radius 3 is 2.78 bits per heavy atom. The minimum Gasteiger partial charge on any atom is -0.336 e. The number of thioether (sulfide) groups is 1. The van der Waals surface area contributed by atoms with Crippen molar-refractivity contribution < 1.29 is 4.79 Å². The molecule has 0 spiro atoms. The number of piperidine rings is 1. The van der Waals surface area contributed by atoms with Gasteiger partial charge in [-0.2, -0.15) is 0 Å². The van der Waals surface area contributed by atoms with Crippen LogP contribution in [0.3, 0.4) is 0 Å². The number of nitrogens with zero attached hydrogens (tertiary/aromatic N) is 2. The molecule has 1 saturated heterocycles. The van der Waals surface area contributed by atoms with Crippen LogP contribution < -0.4 is 0 Å². The number of benzene rings is 2. The fourth-order valence-electron chi connectivity index (χ4n) is 3.75. The first-order valence-electron chi connectivity index (χ1n) is 9.72. The second-order valence-corrected chi connectivity index (χ2v) is 8.07. The SMILES string of the molecule is CCC1CCCCN1C(=O)c1ccc(CSc2nc3ccccc3[nH]2)cc1. The summed E-state index contributed by atoms with van der Waals surface area (Å²) in [5, 5.41) is 0.926. The van der Waals surface area contributed by atoms with Crippen molar-refractivity contribution in [1.82, 2.24) is 14.9 Å². The first-order valence-corrected chi connectivity index (χ1v) is 10.7. The predicted octanol–water partition coefficient (Wildman–Crippen LogP) is 5.26. The number of amides is 1. The number of likely N-dealkylation sites (tertiary alicyclic amines) is 1. The van der Waals surface area contributed by atoms with Crippen molar-refractivity contribution >= 4 is 28.7 Å². The Morgan fingerprint density at radius 1 is 1.19 bits per heavy atom. The van der Waals surface area contributed by atoms with E-state index in [-0.39, 0.29) is 5.91 Å². The zero-order chi connectivity index (χ0) is 18.6. The third kappa shape index (κ3) is 4.03. The monoisotopic (exact) mass is 379 g/mol. The molecule has 3 aromatic rings. The summed E-state index contributed by atoms with van der Waals surface area (Å²) in [4.78, 5) is 22.9. The normalized spacial score (nSPS) is 17.4. The molecule has 4 nitrogen and oxygen atoms in total. The number of imidazole rings is 1. The van der Waals surface area contributed by atoms with E-state index in [2.05, 4.69) is 33.9 Å². The molecule has 0 aliphatic carbocycles. The second-order valence-electron chi connectivity index (χ2n) is 7.10. The van der Waals surface area contributed by atoms with Crippen LogP contribution in [0.1, 0.15) is 48.5 Å². The molecule has 27 heavy (non-hydrogen) atoms. The lowest BCUT2D eigenvalue weighted by Crippen LogP contribution is -2.43. The highest BCUT2D eigenvalue weighted by Gasteiger charge is 2.25. The van der Waals surface area contributed by atoms with Gasteiger partial charge in [-0.15, -0.1) is 0 Å². The molecule has 0 bridgehead atoms. The summed E-state index contributed by atoms with van der Waals surface area (Å²) in [5.74, 6) is 1.01. The van der Waals surface area contributed by atoms with Gasteiger partial charge in [0, 0.05) is 23.9 Å². The largest absolute Gasteiger partial charge is 0.336 e. The topological polar surface area (TPSA) is 49.0 Å². The molecular weight excluding hydrogens is 354 g/mol. The molecule has 5 heteroatoms. The van der Waals surface area contributed by atoms with Crippen molar-refractivity contribution in [2.24, 2.45) is 0 Å². The van der Waals surface area contributed by atoms with Gasteiger partial charge in [0.15, 0.2) is 5.16 Å². The minimum absolute atomic E-state index is 0.179. The molecule has 4 rings (SSSR count). The number of fused-ring (bicyclic) bond motifs is 1. The number of H-pyrrole nitrogens is 1. The average molecular weight is 380 g/mol. The summed E-state index contributed by atoms with van der Waals surface area (Å²) in [6.45, 7) is 3.07. The Morgan fingerprint density at radius 2 is 2.00 bits per heavy atom. The minimum atomic E-state index is 0.179. The number of aromatic amines is 1. The Hall–Kier alpha value is -2.27. The van der Waals surface area contributed by atoms with Gasteiger partial charge in [0.2, 0.25) is 0 Å². The highest BCUT2D eigenvalue weighted by Crippen LogP contribution is 2.25. The number of carbonyl (C=O) groups excluding carboxylic acids is 1. The fourth-order valence-corrected chi connectivity index (χ4v) is 4.59. The molecule has 0 radical (unpaired) electrons. The van der Waals surface area contributed by atoms with E-state index in [1.165, 1.54) is 12.0 Å². The van der Waals surface area contributed by atoms with Gasteiger partial charge >= 0.3 is 0 Å². The van der Waals surface area contributed by atoms with Crippen molar-refractivity contribution in [2.75, 3.05) is 6.54 Å². The van der Waals surface area contributed by atoms with E-state index in [1.54, 1.807) is 11.8 Å². The molecule has 2 aromatic carbocycles. The lowest BCUT2D eigenvalue weighted by molar-refractivity contribution is 0.0608. The molecule has 1 aliphatic heterocycles. The zero-order valence-corrected chi connectivity index (χ0v) is 16.5. The van der Waals surface area contributed by atoms with E-state index in [4.69, 9.17) is 0 Å². The molecule has 1 atom stereocenters. The first kappa shape index (κ1) is 18.1. The van der Waals surface area contributed by atoms with Crippen LogP contribution in [0.2, 0.25) is 0 Å². The fraction of sp³-hybridized carbons (Fsp3) is 0.364. The second kappa shape index (κ2) is 8.17. The molecule has 1 aliphatic rings. The zero-order valence-electron chi connectivity index (χ0n) is 15.6. The Kier molecular flexibility index (Phi) is 5.48. The van der Waals surface area contributed by atoms with E-state index in [1.807, 2.05) is 36.4 Å². The molecule has 1 unspecified atom stereocenters. The third-order valence-corrected chi connectivity index (χ3v) is 6.25. The smallest absolute Gasteiger partial charge is 0.254 e. The standard InChI is InChI=1S/C22H25N3OS/c1-2-18-7-5-6-14-25(18)21(26)17-12-10-16(11-13-17)15-27-22-23-19-8-3-4-9-20(19)24-22/h3-4,8-13,18H,2,5-7,14-15H2,1H3,(H,23,24). The van der Waals surface area contributed by atoms with Gasteiger partial charge in [0.05, 0.1) is 11.0 Å². The third-order valence-electron chi connectivity index (χ3n) is 5.30.